The second-order valence-electron chi connectivity index (χ2n) is 11.9. The molecule has 1 aliphatic heterocycles. The third kappa shape index (κ3) is 6.13. The standard InChI is InChI=1S/C31H42F2N6O/c1-5-6-19(2)36-31-34-17-26-27(18-39(29(26)37-31)25-9-7-23(8-10-25)28(32)33)22-11-13-38(14-12-22)30(40)24-15-20(3)35-21(4)16-24/h15-19,22-23,25,28H,5-14H2,1-4H3,(H,34,36,37)/t19-,23?,25?/m0/s1. The van der Waals surface area contributed by atoms with E-state index in [0.29, 0.717) is 37.4 Å². The summed E-state index contributed by atoms with van der Waals surface area (Å²) >= 11 is 0. The van der Waals surface area contributed by atoms with Crippen molar-refractivity contribution in [3.05, 3.63) is 47.0 Å². The van der Waals surface area contributed by atoms with Crippen LogP contribution >= 0.6 is 0 Å². The number of amides is 1. The second-order valence-corrected chi connectivity index (χ2v) is 11.9. The number of nitrogens with zero attached hydrogens (tertiary/aromatic N) is 5. The molecule has 1 saturated carbocycles. The van der Waals surface area contributed by atoms with Crippen LogP contribution in [-0.4, -0.2) is 55.9 Å². The topological polar surface area (TPSA) is 75.9 Å². The summed E-state index contributed by atoms with van der Waals surface area (Å²) in [6, 6.07) is 4.15. The maximum atomic E-state index is 13.4. The Bertz CT molecular complexity index is 1300. The molecule has 3 aromatic heterocycles. The predicted molar refractivity (Wildman–Crippen MR) is 154 cm³/mol. The van der Waals surface area contributed by atoms with Crippen LogP contribution in [0.1, 0.15) is 104 Å². The number of likely N-dealkylation sites (tertiary alicyclic amines) is 1. The number of hydrogen-bond acceptors (Lipinski definition) is 5. The first kappa shape index (κ1) is 28.4. The number of nitrogens with one attached hydrogen (secondary N) is 1. The van der Waals surface area contributed by atoms with Crippen molar-refractivity contribution in [3.63, 3.8) is 0 Å². The van der Waals surface area contributed by atoms with E-state index in [1.54, 1.807) is 0 Å². The molecule has 216 valence electrons. The number of fused-ring (bicyclic) bond motifs is 1. The maximum absolute atomic E-state index is 13.4. The van der Waals surface area contributed by atoms with Gasteiger partial charge in [0.15, 0.2) is 0 Å². The number of pyridine rings is 1. The summed E-state index contributed by atoms with van der Waals surface area (Å²) in [5.74, 6) is 0.455. The molecule has 40 heavy (non-hydrogen) atoms. The fraction of sp³-hybridized carbons (Fsp3) is 0.613. The van der Waals surface area contributed by atoms with Crippen LogP contribution in [0.5, 0.6) is 0 Å². The third-order valence-corrected chi connectivity index (χ3v) is 8.74. The maximum Gasteiger partial charge on any atom is 0.253 e. The van der Waals surface area contributed by atoms with Crippen molar-refractivity contribution in [1.82, 2.24) is 24.4 Å². The first-order valence-electron chi connectivity index (χ1n) is 14.9. The molecule has 0 bridgehead atoms. The van der Waals surface area contributed by atoms with Crippen molar-refractivity contribution in [1.29, 1.82) is 0 Å². The minimum atomic E-state index is -2.25. The minimum Gasteiger partial charge on any atom is -0.352 e. The second kappa shape index (κ2) is 12.2. The molecule has 9 heteroatoms. The number of piperidine rings is 1. The van der Waals surface area contributed by atoms with Gasteiger partial charge in [-0.05, 0) is 89.3 Å². The Kier molecular flexibility index (Phi) is 8.66. The molecule has 0 aromatic carbocycles. The lowest BCUT2D eigenvalue weighted by atomic mass is 9.86. The van der Waals surface area contributed by atoms with E-state index in [0.717, 1.165) is 60.9 Å². The van der Waals surface area contributed by atoms with Crippen LogP contribution in [0, 0.1) is 19.8 Å². The normalized spacial score (nSPS) is 21.2. The molecule has 1 atom stereocenters. The van der Waals surface area contributed by atoms with Gasteiger partial charge in [0, 0.05) is 65.8 Å². The van der Waals surface area contributed by atoms with Gasteiger partial charge in [-0.15, -0.1) is 0 Å². The van der Waals surface area contributed by atoms with Gasteiger partial charge in [0.1, 0.15) is 5.65 Å². The van der Waals surface area contributed by atoms with E-state index in [2.05, 4.69) is 39.9 Å². The monoisotopic (exact) mass is 552 g/mol. The van der Waals surface area contributed by atoms with Gasteiger partial charge in [-0.1, -0.05) is 13.3 Å². The van der Waals surface area contributed by atoms with Crippen LogP contribution in [0.25, 0.3) is 11.0 Å². The molecule has 1 aliphatic carbocycles. The van der Waals surface area contributed by atoms with Gasteiger partial charge in [0.2, 0.25) is 12.4 Å². The summed E-state index contributed by atoms with van der Waals surface area (Å²) in [6.07, 6.45) is 8.26. The summed E-state index contributed by atoms with van der Waals surface area (Å²) < 4.78 is 29.0. The molecule has 0 spiro atoms. The largest absolute Gasteiger partial charge is 0.352 e. The number of carbonyl (C=O) groups is 1. The highest BCUT2D eigenvalue weighted by molar-refractivity contribution is 5.94. The van der Waals surface area contributed by atoms with Crippen LogP contribution in [0.2, 0.25) is 0 Å². The van der Waals surface area contributed by atoms with Crippen molar-refractivity contribution in [2.45, 2.75) is 103 Å². The summed E-state index contributed by atoms with van der Waals surface area (Å²) in [5.41, 5.74) is 4.50. The molecule has 0 unspecified atom stereocenters. The van der Waals surface area contributed by atoms with Crippen LogP contribution in [0.4, 0.5) is 14.7 Å². The number of aryl methyl sites for hydroxylation is 2. The molecule has 7 nitrogen and oxygen atoms in total. The van der Waals surface area contributed by atoms with E-state index in [1.807, 2.05) is 37.1 Å². The van der Waals surface area contributed by atoms with E-state index in [9.17, 15) is 13.6 Å². The quantitative estimate of drug-likeness (QED) is 0.324. The lowest BCUT2D eigenvalue weighted by molar-refractivity contribution is 0.0481. The van der Waals surface area contributed by atoms with Crippen molar-refractivity contribution in [2.75, 3.05) is 18.4 Å². The van der Waals surface area contributed by atoms with E-state index >= 15 is 0 Å². The smallest absolute Gasteiger partial charge is 0.253 e. The van der Waals surface area contributed by atoms with Crippen LogP contribution in [-0.2, 0) is 0 Å². The fourth-order valence-corrected chi connectivity index (χ4v) is 6.62. The molecule has 1 saturated heterocycles. The molecule has 1 N–H and O–H groups in total. The molecular weight excluding hydrogens is 510 g/mol. The van der Waals surface area contributed by atoms with Crippen molar-refractivity contribution >= 4 is 22.9 Å². The number of halogens is 2. The molecule has 1 amide bonds. The zero-order valence-corrected chi connectivity index (χ0v) is 24.2. The first-order chi connectivity index (χ1) is 19.2. The average molecular weight is 553 g/mol. The Hall–Kier alpha value is -3.10. The summed E-state index contributed by atoms with van der Waals surface area (Å²) in [6.45, 7) is 9.50. The van der Waals surface area contributed by atoms with Crippen molar-refractivity contribution in [2.24, 2.45) is 5.92 Å². The number of carbonyl (C=O) groups excluding carboxylic acids is 1. The number of hydrogen-bond donors (Lipinski definition) is 1. The molecule has 2 fully saturated rings. The van der Waals surface area contributed by atoms with Gasteiger partial charge in [-0.3, -0.25) is 9.78 Å². The number of aromatic nitrogens is 4. The number of anilines is 1. The van der Waals surface area contributed by atoms with Crippen molar-refractivity contribution < 1.29 is 13.6 Å². The Labute approximate surface area is 235 Å². The first-order valence-corrected chi connectivity index (χ1v) is 14.9. The van der Waals surface area contributed by atoms with Crippen LogP contribution < -0.4 is 5.32 Å². The van der Waals surface area contributed by atoms with Crippen molar-refractivity contribution in [3.8, 4) is 0 Å². The lowest BCUT2D eigenvalue weighted by Gasteiger charge is -2.32. The van der Waals surface area contributed by atoms with Gasteiger partial charge >= 0.3 is 0 Å². The van der Waals surface area contributed by atoms with E-state index < -0.39 is 12.3 Å². The van der Waals surface area contributed by atoms with Gasteiger partial charge in [0.05, 0.1) is 0 Å². The van der Waals surface area contributed by atoms with E-state index in [-0.39, 0.29) is 23.9 Å². The highest BCUT2D eigenvalue weighted by Crippen LogP contribution is 2.40. The molecule has 4 heterocycles. The SMILES string of the molecule is CCC[C@H](C)Nc1ncc2c(C3CCN(C(=O)c4cc(C)nc(C)c4)CC3)cn(C3CCC(C(F)F)CC3)c2n1. The predicted octanol–water partition coefficient (Wildman–Crippen LogP) is 7.06. The van der Waals surface area contributed by atoms with Gasteiger partial charge in [-0.2, -0.15) is 4.98 Å². The third-order valence-electron chi connectivity index (χ3n) is 8.74. The van der Waals surface area contributed by atoms with Gasteiger partial charge < -0.3 is 14.8 Å². The zero-order chi connectivity index (χ0) is 28.4. The minimum absolute atomic E-state index is 0.0607. The number of alkyl halides is 2. The van der Waals surface area contributed by atoms with Crippen LogP contribution in [0.15, 0.2) is 24.5 Å². The Morgan fingerprint density at radius 3 is 2.35 bits per heavy atom. The van der Waals surface area contributed by atoms with Gasteiger partial charge in [-0.25, -0.2) is 13.8 Å². The molecule has 2 aliphatic rings. The molecule has 5 rings (SSSR count). The molecule has 0 radical (unpaired) electrons. The van der Waals surface area contributed by atoms with Crippen LogP contribution in [0.3, 0.4) is 0 Å². The van der Waals surface area contributed by atoms with Gasteiger partial charge in [0.25, 0.3) is 5.91 Å². The zero-order valence-electron chi connectivity index (χ0n) is 24.2. The van der Waals surface area contributed by atoms with E-state index in [4.69, 9.17) is 4.98 Å². The highest BCUT2D eigenvalue weighted by Gasteiger charge is 2.32. The lowest BCUT2D eigenvalue weighted by Crippen LogP contribution is -2.38. The van der Waals surface area contributed by atoms with E-state index in [1.165, 1.54) is 5.56 Å². The average Bonchev–Trinajstić information content (AvgIpc) is 3.31. The summed E-state index contributed by atoms with van der Waals surface area (Å²) in [4.78, 5) is 29.2. The Morgan fingerprint density at radius 2 is 1.73 bits per heavy atom. The Balaban J connectivity index is 1.38. The summed E-state index contributed by atoms with van der Waals surface area (Å²) in [7, 11) is 0. The summed E-state index contributed by atoms with van der Waals surface area (Å²) in [5, 5.41) is 4.47. The fourth-order valence-electron chi connectivity index (χ4n) is 6.62. The molecule has 3 aromatic rings. The Morgan fingerprint density at radius 1 is 1.05 bits per heavy atom. The number of rotatable bonds is 8. The highest BCUT2D eigenvalue weighted by atomic mass is 19.3. The molecular formula is C31H42F2N6O.